The van der Waals surface area contributed by atoms with Gasteiger partial charge in [-0.25, -0.2) is 9.97 Å². The number of anilines is 1. The van der Waals surface area contributed by atoms with Gasteiger partial charge in [0.1, 0.15) is 11.3 Å². The van der Waals surface area contributed by atoms with Crippen LogP contribution in [0, 0.1) is 6.92 Å². The topological polar surface area (TPSA) is 110 Å². The molecule has 28 heavy (non-hydrogen) atoms. The van der Waals surface area contributed by atoms with Crippen LogP contribution < -0.4 is 10.5 Å². The molecule has 9 nitrogen and oxygen atoms in total. The second-order valence-corrected chi connectivity index (χ2v) is 7.13. The summed E-state index contributed by atoms with van der Waals surface area (Å²) in [6.07, 6.45) is 1.74. The van der Waals surface area contributed by atoms with Gasteiger partial charge < -0.3 is 10.5 Å². The molecule has 4 aromatic rings. The van der Waals surface area contributed by atoms with Crippen LogP contribution in [0.15, 0.2) is 18.2 Å². The molecule has 1 aliphatic heterocycles. The SMILES string of the molecule is COc1cccc2c1nc(N)n1nc(CCN3CCc4[nH]nc(C)c4C3)nc21. The largest absolute Gasteiger partial charge is 0.494 e. The lowest BCUT2D eigenvalue weighted by Crippen LogP contribution is -2.32. The molecule has 0 aliphatic carbocycles. The number of nitrogens with two attached hydrogens (primary N) is 1. The molecule has 0 unspecified atom stereocenters. The predicted molar refractivity (Wildman–Crippen MR) is 105 cm³/mol. The minimum absolute atomic E-state index is 0.308. The van der Waals surface area contributed by atoms with Crippen LogP contribution in [-0.2, 0) is 19.4 Å². The molecule has 1 aromatic carbocycles. The summed E-state index contributed by atoms with van der Waals surface area (Å²) in [6, 6.07) is 5.75. The summed E-state index contributed by atoms with van der Waals surface area (Å²) >= 11 is 0. The summed E-state index contributed by atoms with van der Waals surface area (Å²) in [5.41, 5.74) is 11.2. The molecule has 1 aliphatic rings. The second-order valence-electron chi connectivity index (χ2n) is 7.13. The molecule has 0 atom stereocenters. The van der Waals surface area contributed by atoms with E-state index in [0.717, 1.165) is 49.4 Å². The minimum atomic E-state index is 0.308. The van der Waals surface area contributed by atoms with Crippen LogP contribution in [0.5, 0.6) is 5.75 Å². The Balaban J connectivity index is 1.42. The van der Waals surface area contributed by atoms with E-state index in [1.807, 2.05) is 18.2 Å². The summed E-state index contributed by atoms with van der Waals surface area (Å²) in [7, 11) is 1.62. The predicted octanol–water partition coefficient (Wildman–Crippen LogP) is 1.50. The van der Waals surface area contributed by atoms with Crippen LogP contribution in [0.1, 0.15) is 22.8 Å². The lowest BCUT2D eigenvalue weighted by atomic mass is 10.1. The van der Waals surface area contributed by atoms with Crippen molar-refractivity contribution in [2.75, 3.05) is 25.9 Å². The highest BCUT2D eigenvalue weighted by atomic mass is 16.5. The molecule has 9 heteroatoms. The first-order valence-electron chi connectivity index (χ1n) is 9.37. The molecular formula is C19H22N8O. The maximum Gasteiger partial charge on any atom is 0.223 e. The van der Waals surface area contributed by atoms with Gasteiger partial charge in [-0.2, -0.15) is 9.61 Å². The van der Waals surface area contributed by atoms with Gasteiger partial charge in [0, 0.05) is 49.1 Å². The molecule has 3 N–H and O–H groups in total. The third kappa shape index (κ3) is 2.66. The summed E-state index contributed by atoms with van der Waals surface area (Å²) in [6.45, 7) is 4.86. The Morgan fingerprint density at radius 2 is 2.18 bits per heavy atom. The minimum Gasteiger partial charge on any atom is -0.494 e. The molecule has 0 fully saturated rings. The Bertz CT molecular complexity index is 1180. The maximum absolute atomic E-state index is 6.13. The van der Waals surface area contributed by atoms with Crippen LogP contribution >= 0.6 is 0 Å². The molecule has 0 spiro atoms. The number of aromatic nitrogens is 6. The van der Waals surface area contributed by atoms with Crippen molar-refractivity contribution >= 4 is 22.5 Å². The summed E-state index contributed by atoms with van der Waals surface area (Å²) in [5, 5.41) is 12.9. The van der Waals surface area contributed by atoms with E-state index >= 15 is 0 Å². The zero-order chi connectivity index (χ0) is 19.3. The summed E-state index contributed by atoms with van der Waals surface area (Å²) in [4.78, 5) is 11.6. The number of hydrogen-bond acceptors (Lipinski definition) is 7. The van der Waals surface area contributed by atoms with Gasteiger partial charge >= 0.3 is 0 Å². The number of methoxy groups -OCH3 is 1. The highest BCUT2D eigenvalue weighted by Crippen LogP contribution is 2.27. The second kappa shape index (κ2) is 6.45. The highest BCUT2D eigenvalue weighted by molar-refractivity contribution is 5.95. The Labute approximate surface area is 161 Å². The first-order chi connectivity index (χ1) is 13.6. The molecular weight excluding hydrogens is 356 g/mol. The number of ether oxygens (including phenoxy) is 1. The number of benzene rings is 1. The number of para-hydroxylation sites is 1. The molecule has 0 amide bonds. The highest BCUT2D eigenvalue weighted by Gasteiger charge is 2.21. The number of rotatable bonds is 4. The van der Waals surface area contributed by atoms with Gasteiger partial charge in [-0.1, -0.05) is 6.07 Å². The van der Waals surface area contributed by atoms with Crippen LogP contribution in [-0.4, -0.2) is 54.9 Å². The smallest absolute Gasteiger partial charge is 0.223 e. The number of fused-ring (bicyclic) bond motifs is 4. The normalized spacial score (nSPS) is 14.6. The van der Waals surface area contributed by atoms with Crippen molar-refractivity contribution in [1.29, 1.82) is 0 Å². The van der Waals surface area contributed by atoms with Gasteiger partial charge in [0.05, 0.1) is 12.8 Å². The van der Waals surface area contributed by atoms with E-state index in [0.29, 0.717) is 22.9 Å². The van der Waals surface area contributed by atoms with Gasteiger partial charge in [0.25, 0.3) is 0 Å². The number of aryl methyl sites for hydroxylation is 1. The molecule has 3 aromatic heterocycles. The summed E-state index contributed by atoms with van der Waals surface area (Å²) in [5.74, 6) is 1.75. The van der Waals surface area contributed by atoms with Crippen LogP contribution in [0.3, 0.4) is 0 Å². The van der Waals surface area contributed by atoms with E-state index in [9.17, 15) is 0 Å². The fourth-order valence-corrected chi connectivity index (χ4v) is 3.88. The molecule has 0 bridgehead atoms. The van der Waals surface area contributed by atoms with Crippen LogP contribution in [0.25, 0.3) is 16.6 Å². The standard InChI is InChI=1S/C19H22N8O/c1-11-13-10-26(8-6-14(13)24-23-11)9-7-16-21-18-12-4-3-5-15(28-2)17(12)22-19(20)27(18)25-16/h3-5H,6-10H2,1-2H3,(H2,20,22)(H,23,24). The van der Waals surface area contributed by atoms with Crippen molar-refractivity contribution in [3.63, 3.8) is 0 Å². The Hall–Kier alpha value is -3.20. The van der Waals surface area contributed by atoms with Gasteiger partial charge in [0.15, 0.2) is 11.5 Å². The quantitative estimate of drug-likeness (QED) is 0.554. The number of nitrogens with one attached hydrogen (secondary N) is 1. The Kier molecular flexibility index (Phi) is 3.90. The molecule has 5 rings (SSSR count). The third-order valence-corrected chi connectivity index (χ3v) is 5.43. The Morgan fingerprint density at radius 1 is 1.29 bits per heavy atom. The fraction of sp³-hybridized carbons (Fsp3) is 0.368. The third-order valence-electron chi connectivity index (χ3n) is 5.43. The van der Waals surface area contributed by atoms with Gasteiger partial charge in [-0.05, 0) is 19.1 Å². The fourth-order valence-electron chi connectivity index (χ4n) is 3.88. The number of H-pyrrole nitrogens is 1. The van der Waals surface area contributed by atoms with Gasteiger partial charge in [-0.15, -0.1) is 5.10 Å². The van der Waals surface area contributed by atoms with E-state index in [4.69, 9.17) is 15.5 Å². The van der Waals surface area contributed by atoms with Crippen molar-refractivity contribution < 1.29 is 4.74 Å². The van der Waals surface area contributed by atoms with Crippen LogP contribution in [0.4, 0.5) is 5.95 Å². The molecule has 0 saturated heterocycles. The maximum atomic E-state index is 6.13. The zero-order valence-electron chi connectivity index (χ0n) is 15.9. The van der Waals surface area contributed by atoms with Crippen molar-refractivity contribution in [1.82, 2.24) is 34.7 Å². The molecule has 144 valence electrons. The van der Waals surface area contributed by atoms with E-state index in [1.165, 1.54) is 11.3 Å². The Morgan fingerprint density at radius 3 is 3.04 bits per heavy atom. The zero-order valence-corrected chi connectivity index (χ0v) is 15.9. The van der Waals surface area contributed by atoms with Gasteiger partial charge in [-0.3, -0.25) is 10.00 Å². The molecule has 0 radical (unpaired) electrons. The van der Waals surface area contributed by atoms with Crippen molar-refractivity contribution in [3.8, 4) is 5.75 Å². The first kappa shape index (κ1) is 16.9. The van der Waals surface area contributed by atoms with Crippen molar-refractivity contribution in [2.24, 2.45) is 0 Å². The van der Waals surface area contributed by atoms with Crippen molar-refractivity contribution in [2.45, 2.75) is 26.3 Å². The van der Waals surface area contributed by atoms with E-state index < -0.39 is 0 Å². The van der Waals surface area contributed by atoms with E-state index in [-0.39, 0.29) is 0 Å². The van der Waals surface area contributed by atoms with Gasteiger partial charge in [0.2, 0.25) is 5.95 Å². The first-order valence-corrected chi connectivity index (χ1v) is 9.37. The average Bonchev–Trinajstić information content (AvgIpc) is 3.31. The molecule has 4 heterocycles. The monoisotopic (exact) mass is 378 g/mol. The van der Waals surface area contributed by atoms with E-state index in [2.05, 4.69) is 32.1 Å². The number of aromatic amines is 1. The average molecular weight is 378 g/mol. The lowest BCUT2D eigenvalue weighted by Gasteiger charge is -2.26. The lowest BCUT2D eigenvalue weighted by molar-refractivity contribution is 0.254. The van der Waals surface area contributed by atoms with Crippen molar-refractivity contribution in [3.05, 3.63) is 41.0 Å². The molecule has 0 saturated carbocycles. The number of hydrogen-bond donors (Lipinski definition) is 2. The van der Waals surface area contributed by atoms with E-state index in [1.54, 1.807) is 11.6 Å². The van der Waals surface area contributed by atoms with Crippen LogP contribution in [0.2, 0.25) is 0 Å². The summed E-state index contributed by atoms with van der Waals surface area (Å²) < 4.78 is 7.02. The number of nitrogens with zero attached hydrogens (tertiary/aromatic N) is 6. The number of nitrogen functional groups attached to an aromatic ring is 1.